The van der Waals surface area contributed by atoms with Crippen molar-refractivity contribution in [2.45, 2.75) is 49.9 Å². The van der Waals surface area contributed by atoms with Gasteiger partial charge in [-0.1, -0.05) is 13.3 Å². The van der Waals surface area contributed by atoms with Gasteiger partial charge >= 0.3 is 14.6 Å². The van der Waals surface area contributed by atoms with Crippen LogP contribution in [-0.4, -0.2) is 47.2 Å². The highest BCUT2D eigenvalue weighted by Gasteiger charge is 2.63. The molecule has 112 valence electrons. The summed E-state index contributed by atoms with van der Waals surface area (Å²) in [6.45, 7) is 2.08. The zero-order chi connectivity index (χ0) is 14.5. The van der Waals surface area contributed by atoms with Crippen LogP contribution in [0.1, 0.15) is 32.6 Å². The van der Waals surface area contributed by atoms with Crippen LogP contribution >= 0.6 is 0 Å². The first kappa shape index (κ1) is 16.4. The number of hydrogen-bond donors (Lipinski definition) is 2. The predicted octanol–water partition coefficient (Wildman–Crippen LogP) is 1.28. The molecule has 0 saturated carbocycles. The third-order valence-electron chi connectivity index (χ3n) is 4.17. The zero-order valence-corrected chi connectivity index (χ0v) is 13.3. The molecule has 19 heavy (non-hydrogen) atoms. The average Bonchev–Trinajstić information content (AvgIpc) is 2.40. The monoisotopic (exact) mass is 290 g/mol. The van der Waals surface area contributed by atoms with Crippen molar-refractivity contribution < 1.29 is 18.4 Å². The Morgan fingerprint density at radius 1 is 1.42 bits per heavy atom. The fourth-order valence-corrected chi connectivity index (χ4v) is 7.43. The Balaban J connectivity index is 3.19. The van der Waals surface area contributed by atoms with E-state index in [1.165, 1.54) is 0 Å². The van der Waals surface area contributed by atoms with Crippen molar-refractivity contribution in [2.75, 3.05) is 21.3 Å². The van der Waals surface area contributed by atoms with E-state index in [1.807, 2.05) is 0 Å². The third kappa shape index (κ3) is 2.79. The molecule has 1 saturated heterocycles. The van der Waals surface area contributed by atoms with Crippen LogP contribution in [0.2, 0.25) is 6.04 Å². The summed E-state index contributed by atoms with van der Waals surface area (Å²) >= 11 is 0. The molecule has 1 aliphatic heterocycles. The Morgan fingerprint density at radius 3 is 2.47 bits per heavy atom. The van der Waals surface area contributed by atoms with E-state index in [9.17, 15) is 4.79 Å². The molecule has 0 aliphatic carbocycles. The molecule has 3 N–H and O–H groups in total. The predicted molar refractivity (Wildman–Crippen MR) is 75.0 cm³/mol. The Labute approximate surface area is 116 Å². The standard InChI is InChI=1S/C12H26N2O4Si/c1-5-8-12(16-2)10(14-11(13)15)7-6-9-19(12,17-3)18-4/h10H,5-9H2,1-4H3,(H3,13,14,15). The number of methoxy groups -OCH3 is 1. The lowest BCUT2D eigenvalue weighted by atomic mass is 9.99. The number of rotatable bonds is 6. The number of carbonyl (C=O) groups is 1. The second-order valence-electron chi connectivity index (χ2n) is 4.96. The highest BCUT2D eigenvalue weighted by atomic mass is 28.4. The number of amides is 2. The molecular formula is C12H26N2O4Si. The van der Waals surface area contributed by atoms with Crippen molar-refractivity contribution in [1.82, 2.24) is 5.32 Å². The normalized spacial score (nSPS) is 30.0. The van der Waals surface area contributed by atoms with Crippen LogP contribution in [0.4, 0.5) is 4.79 Å². The number of urea groups is 1. The number of nitrogens with one attached hydrogen (secondary N) is 1. The van der Waals surface area contributed by atoms with Crippen LogP contribution in [0.25, 0.3) is 0 Å². The van der Waals surface area contributed by atoms with Gasteiger partial charge in [-0.05, 0) is 25.3 Å². The Morgan fingerprint density at radius 2 is 2.05 bits per heavy atom. The molecule has 1 aliphatic rings. The van der Waals surface area contributed by atoms with Crippen molar-refractivity contribution in [3.63, 3.8) is 0 Å². The third-order valence-corrected chi connectivity index (χ3v) is 8.59. The molecule has 0 radical (unpaired) electrons. The molecule has 1 fully saturated rings. The van der Waals surface area contributed by atoms with Crippen LogP contribution in [0.5, 0.6) is 0 Å². The number of carbonyl (C=O) groups excluding carboxylic acids is 1. The van der Waals surface area contributed by atoms with Crippen LogP contribution < -0.4 is 11.1 Å². The Hall–Kier alpha value is -0.633. The van der Waals surface area contributed by atoms with Crippen molar-refractivity contribution in [2.24, 2.45) is 5.73 Å². The minimum Gasteiger partial charge on any atom is -0.396 e. The van der Waals surface area contributed by atoms with Crippen LogP contribution in [0.3, 0.4) is 0 Å². The lowest BCUT2D eigenvalue weighted by Gasteiger charge is -2.52. The molecule has 1 rings (SSSR count). The van der Waals surface area contributed by atoms with Gasteiger partial charge in [0.2, 0.25) is 0 Å². The highest BCUT2D eigenvalue weighted by molar-refractivity contribution is 6.71. The quantitative estimate of drug-likeness (QED) is 0.722. The molecule has 6 nitrogen and oxygen atoms in total. The Bertz CT molecular complexity index is 312. The van der Waals surface area contributed by atoms with Gasteiger partial charge in [0.15, 0.2) is 0 Å². The molecule has 7 heteroatoms. The smallest absolute Gasteiger partial charge is 0.372 e. The summed E-state index contributed by atoms with van der Waals surface area (Å²) in [5.41, 5.74) is 5.29. The van der Waals surface area contributed by atoms with Gasteiger partial charge in [0.25, 0.3) is 0 Å². The second kappa shape index (κ2) is 6.69. The summed E-state index contributed by atoms with van der Waals surface area (Å²) in [6.07, 6.45) is 3.47. The van der Waals surface area contributed by atoms with Crippen LogP contribution in [0.15, 0.2) is 0 Å². The average molecular weight is 290 g/mol. The minimum atomic E-state index is -2.55. The topological polar surface area (TPSA) is 82.8 Å². The Kier molecular flexibility index (Phi) is 5.78. The summed E-state index contributed by atoms with van der Waals surface area (Å²) in [7, 11) is 2.45. The van der Waals surface area contributed by atoms with Gasteiger partial charge in [-0.2, -0.15) is 0 Å². The van der Waals surface area contributed by atoms with E-state index in [4.69, 9.17) is 19.3 Å². The lowest BCUT2D eigenvalue weighted by Crippen LogP contribution is -2.73. The summed E-state index contributed by atoms with van der Waals surface area (Å²) in [5, 5.41) is 2.24. The lowest BCUT2D eigenvalue weighted by molar-refractivity contribution is -0.0341. The number of nitrogens with two attached hydrogens (primary N) is 1. The number of ether oxygens (including phenoxy) is 1. The molecule has 0 aromatic heterocycles. The van der Waals surface area contributed by atoms with Gasteiger partial charge < -0.3 is 24.6 Å². The molecule has 0 bridgehead atoms. The van der Waals surface area contributed by atoms with Crippen LogP contribution in [-0.2, 0) is 13.6 Å². The maximum atomic E-state index is 11.3. The fraction of sp³-hybridized carbons (Fsp3) is 0.917. The molecule has 2 atom stereocenters. The van der Waals surface area contributed by atoms with E-state index in [1.54, 1.807) is 21.3 Å². The van der Waals surface area contributed by atoms with Crippen molar-refractivity contribution >= 4 is 14.6 Å². The molecule has 0 aromatic rings. The van der Waals surface area contributed by atoms with Gasteiger partial charge in [-0.3, -0.25) is 0 Å². The molecule has 0 spiro atoms. The van der Waals surface area contributed by atoms with E-state index < -0.39 is 19.8 Å². The van der Waals surface area contributed by atoms with Gasteiger partial charge in [0, 0.05) is 21.3 Å². The summed E-state index contributed by atoms with van der Waals surface area (Å²) in [5.74, 6) is 0. The van der Waals surface area contributed by atoms with Crippen molar-refractivity contribution in [3.05, 3.63) is 0 Å². The van der Waals surface area contributed by atoms with Gasteiger partial charge in [0.1, 0.15) is 5.22 Å². The zero-order valence-electron chi connectivity index (χ0n) is 12.3. The largest absolute Gasteiger partial charge is 0.396 e. The molecule has 2 amide bonds. The van der Waals surface area contributed by atoms with Crippen molar-refractivity contribution in [3.8, 4) is 0 Å². The summed E-state index contributed by atoms with van der Waals surface area (Å²) < 4.78 is 17.5. The summed E-state index contributed by atoms with van der Waals surface area (Å²) in [4.78, 5) is 11.3. The maximum Gasteiger partial charge on any atom is 0.372 e. The van der Waals surface area contributed by atoms with E-state index in [-0.39, 0.29) is 6.04 Å². The highest BCUT2D eigenvalue weighted by Crippen LogP contribution is 2.42. The van der Waals surface area contributed by atoms with E-state index >= 15 is 0 Å². The first-order valence-electron chi connectivity index (χ1n) is 6.73. The van der Waals surface area contributed by atoms with Gasteiger partial charge in [0.05, 0.1) is 6.04 Å². The summed E-state index contributed by atoms with van der Waals surface area (Å²) in [6, 6.07) is 0.180. The first-order chi connectivity index (χ1) is 9.01. The second-order valence-corrected chi connectivity index (χ2v) is 8.63. The van der Waals surface area contributed by atoms with Crippen LogP contribution in [0, 0.1) is 0 Å². The molecule has 0 aromatic carbocycles. The van der Waals surface area contributed by atoms with Gasteiger partial charge in [-0.15, -0.1) is 0 Å². The maximum absolute atomic E-state index is 11.3. The van der Waals surface area contributed by atoms with Gasteiger partial charge in [-0.25, -0.2) is 4.79 Å². The molecular weight excluding hydrogens is 264 g/mol. The number of hydrogen-bond acceptors (Lipinski definition) is 4. The first-order valence-corrected chi connectivity index (χ1v) is 8.75. The fourth-order valence-electron chi connectivity index (χ4n) is 3.38. The van der Waals surface area contributed by atoms with E-state index in [0.29, 0.717) is 0 Å². The SMILES string of the molecule is CCCC1(OC)C(NC(N)=O)CCC[Si]1(OC)OC. The van der Waals surface area contributed by atoms with E-state index in [2.05, 4.69) is 12.2 Å². The van der Waals surface area contributed by atoms with Crippen molar-refractivity contribution in [1.29, 1.82) is 0 Å². The minimum absolute atomic E-state index is 0.157. The molecule has 1 heterocycles. The molecule has 2 unspecified atom stereocenters. The number of primary amides is 1. The van der Waals surface area contributed by atoms with E-state index in [0.717, 1.165) is 31.7 Å².